The average molecular weight is 253 g/mol. The maximum atomic E-state index is 9.37. The van der Waals surface area contributed by atoms with Gasteiger partial charge in [0.25, 0.3) is 0 Å². The van der Waals surface area contributed by atoms with Crippen LogP contribution in [0.3, 0.4) is 0 Å². The van der Waals surface area contributed by atoms with Gasteiger partial charge in [0.2, 0.25) is 0 Å². The lowest BCUT2D eigenvalue weighted by Gasteiger charge is -1.97. The van der Waals surface area contributed by atoms with Crippen molar-refractivity contribution < 1.29 is 10.2 Å². The number of anilines is 1. The number of phenols is 2. The zero-order valence-electron chi connectivity index (χ0n) is 10.3. The van der Waals surface area contributed by atoms with Gasteiger partial charge in [0.15, 0.2) is 0 Å². The van der Waals surface area contributed by atoms with E-state index >= 15 is 0 Å². The molecule has 3 aromatic rings. The molecule has 0 aliphatic heterocycles. The van der Waals surface area contributed by atoms with E-state index in [2.05, 4.69) is 0 Å². The summed E-state index contributed by atoms with van der Waals surface area (Å²) in [5.74, 6) is 0.563. The van der Waals surface area contributed by atoms with Crippen molar-refractivity contribution >= 4 is 16.5 Å². The minimum atomic E-state index is 0.213. The largest absolute Gasteiger partial charge is 0.508 e. The number of benzene rings is 3. The highest BCUT2D eigenvalue weighted by Crippen LogP contribution is 2.22. The molecular weight excluding hydrogens is 238 g/mol. The number of phenolic OH excluding ortho intramolecular Hbond substituents is 2. The van der Waals surface area contributed by atoms with Crippen molar-refractivity contribution in [2.24, 2.45) is 0 Å². The average Bonchev–Trinajstić information content (AvgIpc) is 2.40. The van der Waals surface area contributed by atoms with Crippen molar-refractivity contribution in [3.8, 4) is 11.5 Å². The molecular formula is C16H15NO2. The standard InChI is InChI=1S/C10H8O.C6H7NO/c11-10-7-3-5-8-4-1-2-6-9(8)10;7-5-2-1-3-6(8)4-5/h1-7,11H;1-4,8H,7H2. The fourth-order valence-corrected chi connectivity index (χ4v) is 1.73. The van der Waals surface area contributed by atoms with E-state index in [9.17, 15) is 5.11 Å². The Hall–Kier alpha value is -2.68. The Kier molecular flexibility index (Phi) is 3.88. The fourth-order valence-electron chi connectivity index (χ4n) is 1.73. The zero-order valence-corrected chi connectivity index (χ0v) is 10.3. The van der Waals surface area contributed by atoms with Crippen molar-refractivity contribution in [1.82, 2.24) is 0 Å². The molecule has 0 saturated heterocycles. The summed E-state index contributed by atoms with van der Waals surface area (Å²) in [6, 6.07) is 19.8. The summed E-state index contributed by atoms with van der Waals surface area (Å²) >= 11 is 0. The van der Waals surface area contributed by atoms with Crippen LogP contribution in [0, 0.1) is 0 Å². The minimum absolute atomic E-state index is 0.213. The molecule has 3 aromatic carbocycles. The lowest BCUT2D eigenvalue weighted by atomic mass is 10.1. The molecule has 19 heavy (non-hydrogen) atoms. The normalized spacial score (nSPS) is 9.68. The summed E-state index contributed by atoms with van der Waals surface area (Å²) in [4.78, 5) is 0. The van der Waals surface area contributed by atoms with Gasteiger partial charge < -0.3 is 15.9 Å². The smallest absolute Gasteiger partial charge is 0.123 e. The van der Waals surface area contributed by atoms with Crippen LogP contribution < -0.4 is 5.73 Å². The molecule has 3 rings (SSSR count). The van der Waals surface area contributed by atoms with Gasteiger partial charge in [0.1, 0.15) is 11.5 Å². The molecule has 0 radical (unpaired) electrons. The highest BCUT2D eigenvalue weighted by Gasteiger charge is 1.94. The van der Waals surface area contributed by atoms with Crippen LogP contribution >= 0.6 is 0 Å². The second-order valence-electron chi connectivity index (χ2n) is 4.09. The first-order chi connectivity index (χ1) is 9.16. The van der Waals surface area contributed by atoms with E-state index in [1.807, 2.05) is 36.4 Å². The Labute approximate surface area is 111 Å². The van der Waals surface area contributed by atoms with Gasteiger partial charge >= 0.3 is 0 Å². The van der Waals surface area contributed by atoms with Gasteiger partial charge in [-0.15, -0.1) is 0 Å². The molecule has 0 aliphatic carbocycles. The predicted molar refractivity (Wildman–Crippen MR) is 78.1 cm³/mol. The van der Waals surface area contributed by atoms with Crippen LogP contribution in [0.5, 0.6) is 11.5 Å². The summed E-state index contributed by atoms with van der Waals surface area (Å²) in [5, 5.41) is 20.1. The van der Waals surface area contributed by atoms with Crippen molar-refractivity contribution in [3.63, 3.8) is 0 Å². The van der Waals surface area contributed by atoms with Gasteiger partial charge in [0.05, 0.1) is 0 Å². The molecule has 0 aromatic heterocycles. The van der Waals surface area contributed by atoms with Crippen LogP contribution in [0.1, 0.15) is 0 Å². The number of hydrogen-bond acceptors (Lipinski definition) is 3. The summed E-state index contributed by atoms with van der Waals surface area (Å²) in [7, 11) is 0. The Morgan fingerprint density at radius 3 is 2.05 bits per heavy atom. The second kappa shape index (κ2) is 5.78. The van der Waals surface area contributed by atoms with Crippen LogP contribution in [0.15, 0.2) is 66.7 Å². The topological polar surface area (TPSA) is 66.5 Å². The highest BCUT2D eigenvalue weighted by atomic mass is 16.3. The van der Waals surface area contributed by atoms with E-state index < -0.39 is 0 Å². The molecule has 0 spiro atoms. The number of fused-ring (bicyclic) bond motifs is 1. The van der Waals surface area contributed by atoms with Crippen molar-refractivity contribution in [2.75, 3.05) is 5.73 Å². The van der Waals surface area contributed by atoms with Crippen LogP contribution in [0.2, 0.25) is 0 Å². The summed E-state index contributed by atoms with van der Waals surface area (Å²) in [6.45, 7) is 0. The zero-order chi connectivity index (χ0) is 13.7. The third-order valence-corrected chi connectivity index (χ3v) is 2.64. The van der Waals surface area contributed by atoms with Gasteiger partial charge in [-0.3, -0.25) is 0 Å². The Balaban J connectivity index is 0.000000148. The first-order valence-corrected chi connectivity index (χ1v) is 5.88. The predicted octanol–water partition coefficient (Wildman–Crippen LogP) is 3.52. The lowest BCUT2D eigenvalue weighted by Crippen LogP contribution is -1.80. The molecule has 3 nitrogen and oxygen atoms in total. The van der Waals surface area contributed by atoms with Gasteiger partial charge in [-0.2, -0.15) is 0 Å². The first-order valence-electron chi connectivity index (χ1n) is 5.88. The van der Waals surface area contributed by atoms with E-state index in [0.29, 0.717) is 11.4 Å². The number of nitrogen functional groups attached to an aromatic ring is 1. The fraction of sp³-hybridized carbons (Fsp3) is 0. The monoisotopic (exact) mass is 253 g/mol. The van der Waals surface area contributed by atoms with Crippen molar-refractivity contribution in [3.05, 3.63) is 66.7 Å². The van der Waals surface area contributed by atoms with Crippen LogP contribution in [-0.4, -0.2) is 10.2 Å². The molecule has 4 N–H and O–H groups in total. The Morgan fingerprint density at radius 1 is 0.737 bits per heavy atom. The Bertz CT molecular complexity index is 658. The second-order valence-corrected chi connectivity index (χ2v) is 4.09. The van der Waals surface area contributed by atoms with Gasteiger partial charge in [-0.05, 0) is 23.6 Å². The summed E-state index contributed by atoms with van der Waals surface area (Å²) in [5.41, 5.74) is 5.89. The van der Waals surface area contributed by atoms with Gasteiger partial charge in [-0.1, -0.05) is 42.5 Å². The molecule has 0 bridgehead atoms. The van der Waals surface area contributed by atoms with Crippen LogP contribution in [0.4, 0.5) is 5.69 Å². The molecule has 0 atom stereocenters. The molecule has 0 fully saturated rings. The Morgan fingerprint density at radius 2 is 1.42 bits per heavy atom. The number of hydrogen-bond donors (Lipinski definition) is 3. The lowest BCUT2D eigenvalue weighted by molar-refractivity contribution is 0.475. The van der Waals surface area contributed by atoms with E-state index in [0.717, 1.165) is 10.8 Å². The minimum Gasteiger partial charge on any atom is -0.508 e. The van der Waals surface area contributed by atoms with E-state index in [4.69, 9.17) is 10.8 Å². The maximum Gasteiger partial charge on any atom is 0.123 e. The van der Waals surface area contributed by atoms with Crippen LogP contribution in [0.25, 0.3) is 10.8 Å². The quantitative estimate of drug-likeness (QED) is 0.537. The number of nitrogens with two attached hydrogens (primary N) is 1. The summed E-state index contributed by atoms with van der Waals surface area (Å²) < 4.78 is 0. The van der Waals surface area contributed by atoms with Gasteiger partial charge in [0, 0.05) is 17.1 Å². The SMILES string of the molecule is Nc1cccc(O)c1.Oc1cccc2ccccc12. The van der Waals surface area contributed by atoms with E-state index in [-0.39, 0.29) is 5.75 Å². The molecule has 0 unspecified atom stereocenters. The molecule has 96 valence electrons. The van der Waals surface area contributed by atoms with Crippen molar-refractivity contribution in [2.45, 2.75) is 0 Å². The van der Waals surface area contributed by atoms with E-state index in [1.165, 1.54) is 6.07 Å². The first kappa shape index (κ1) is 12.8. The highest BCUT2D eigenvalue weighted by molar-refractivity contribution is 5.87. The van der Waals surface area contributed by atoms with E-state index in [1.54, 1.807) is 24.3 Å². The molecule has 0 amide bonds. The van der Waals surface area contributed by atoms with Gasteiger partial charge in [-0.25, -0.2) is 0 Å². The molecule has 0 aliphatic rings. The molecule has 3 heteroatoms. The summed E-state index contributed by atoms with van der Waals surface area (Å²) in [6.07, 6.45) is 0. The number of rotatable bonds is 0. The third-order valence-electron chi connectivity index (χ3n) is 2.64. The van der Waals surface area contributed by atoms with Crippen LogP contribution in [-0.2, 0) is 0 Å². The number of aromatic hydroxyl groups is 2. The maximum absolute atomic E-state index is 9.37. The third kappa shape index (κ3) is 3.39. The molecule has 0 saturated carbocycles. The molecule has 0 heterocycles. The van der Waals surface area contributed by atoms with Crippen molar-refractivity contribution in [1.29, 1.82) is 0 Å².